The number of carboxylic acid groups (broad SMARTS) is 1. The summed E-state index contributed by atoms with van der Waals surface area (Å²) in [5.74, 6) is -1.90. The molecule has 132 valence electrons. The number of nitrogens with one attached hydrogen (secondary N) is 1. The van der Waals surface area contributed by atoms with Gasteiger partial charge in [-0.25, -0.2) is 9.18 Å². The number of nitrogens with zero attached hydrogens (tertiary/aromatic N) is 1. The molecule has 0 fully saturated rings. The third-order valence-corrected chi connectivity index (χ3v) is 3.38. The van der Waals surface area contributed by atoms with Crippen molar-refractivity contribution in [3.8, 4) is 5.75 Å². The lowest BCUT2D eigenvalue weighted by molar-refractivity contribution is -0.139. The van der Waals surface area contributed by atoms with Crippen LogP contribution in [-0.2, 0) is 4.79 Å². The average molecular weight is 346 g/mol. The predicted octanol–water partition coefficient (Wildman–Crippen LogP) is 2.87. The molecule has 2 N–H and O–H groups in total. The van der Waals surface area contributed by atoms with E-state index in [-0.39, 0.29) is 17.2 Å². The highest BCUT2D eigenvalue weighted by molar-refractivity contribution is 5.96. The number of carbonyl (C=O) groups excluding carboxylic acids is 1. The number of hydrogen-bond acceptors (Lipinski definition) is 4. The number of amides is 1. The Hall–Kier alpha value is -2.96. The number of carbonyl (C=O) groups is 2. The van der Waals surface area contributed by atoms with Crippen LogP contribution in [0.2, 0.25) is 0 Å². The van der Waals surface area contributed by atoms with E-state index in [2.05, 4.69) is 10.3 Å². The molecule has 0 saturated heterocycles. The van der Waals surface area contributed by atoms with Crippen molar-refractivity contribution in [2.45, 2.75) is 32.9 Å². The Morgan fingerprint density at radius 1 is 1.24 bits per heavy atom. The zero-order valence-corrected chi connectivity index (χ0v) is 14.1. The molecule has 0 saturated carbocycles. The van der Waals surface area contributed by atoms with Gasteiger partial charge in [0.25, 0.3) is 5.91 Å². The third kappa shape index (κ3) is 4.76. The van der Waals surface area contributed by atoms with Gasteiger partial charge in [-0.2, -0.15) is 0 Å². The number of aromatic nitrogens is 1. The van der Waals surface area contributed by atoms with Gasteiger partial charge in [-0.1, -0.05) is 12.1 Å². The van der Waals surface area contributed by atoms with Crippen LogP contribution in [0, 0.1) is 12.7 Å². The van der Waals surface area contributed by atoms with Crippen LogP contribution in [0.5, 0.6) is 5.75 Å². The van der Waals surface area contributed by atoms with Gasteiger partial charge in [0.15, 0.2) is 6.04 Å². The number of hydrogen-bond donors (Lipinski definition) is 2. The Morgan fingerprint density at radius 2 is 1.96 bits per heavy atom. The maximum atomic E-state index is 13.4. The van der Waals surface area contributed by atoms with Crippen molar-refractivity contribution in [3.05, 3.63) is 59.2 Å². The number of aliphatic carboxylic acids is 1. The summed E-state index contributed by atoms with van der Waals surface area (Å²) in [6, 6.07) is 4.08. The van der Waals surface area contributed by atoms with Crippen LogP contribution in [-0.4, -0.2) is 28.1 Å². The molecule has 1 atom stereocenters. The van der Waals surface area contributed by atoms with E-state index in [0.717, 1.165) is 0 Å². The highest BCUT2D eigenvalue weighted by Crippen LogP contribution is 2.19. The molecular formula is C18H19FN2O4. The van der Waals surface area contributed by atoms with Crippen LogP contribution in [0.4, 0.5) is 4.39 Å². The number of benzene rings is 1. The molecule has 6 nitrogen and oxygen atoms in total. The molecule has 2 rings (SSSR count). The van der Waals surface area contributed by atoms with Crippen LogP contribution >= 0.6 is 0 Å². The fraction of sp³-hybridized carbons (Fsp3) is 0.278. The van der Waals surface area contributed by atoms with E-state index in [9.17, 15) is 19.1 Å². The topological polar surface area (TPSA) is 88.5 Å². The van der Waals surface area contributed by atoms with Gasteiger partial charge in [-0.3, -0.25) is 9.78 Å². The fourth-order valence-corrected chi connectivity index (χ4v) is 2.23. The second-order valence-corrected chi connectivity index (χ2v) is 5.83. The van der Waals surface area contributed by atoms with Crippen molar-refractivity contribution in [2.75, 3.05) is 0 Å². The van der Waals surface area contributed by atoms with Crippen LogP contribution in [0.25, 0.3) is 0 Å². The summed E-state index contributed by atoms with van der Waals surface area (Å²) in [7, 11) is 0. The molecule has 2 aromatic rings. The number of pyridine rings is 1. The molecule has 0 aliphatic rings. The zero-order chi connectivity index (χ0) is 18.6. The first kappa shape index (κ1) is 18.4. The SMILES string of the molecule is Cc1cc(C(NC(=O)c2cncc(OC(C)C)c2)C(=O)O)ccc1F. The van der Waals surface area contributed by atoms with Gasteiger partial charge in [-0.15, -0.1) is 0 Å². The van der Waals surface area contributed by atoms with E-state index in [1.165, 1.54) is 43.6 Å². The summed E-state index contributed by atoms with van der Waals surface area (Å²) in [5.41, 5.74) is 0.748. The molecule has 0 aliphatic heterocycles. The van der Waals surface area contributed by atoms with E-state index in [0.29, 0.717) is 11.3 Å². The zero-order valence-electron chi connectivity index (χ0n) is 14.1. The number of ether oxygens (including phenoxy) is 1. The number of rotatable bonds is 6. The second kappa shape index (κ2) is 7.74. The van der Waals surface area contributed by atoms with Gasteiger partial charge in [0, 0.05) is 6.20 Å². The van der Waals surface area contributed by atoms with Crippen molar-refractivity contribution in [1.82, 2.24) is 10.3 Å². The summed E-state index contributed by atoms with van der Waals surface area (Å²) in [5, 5.41) is 11.8. The minimum absolute atomic E-state index is 0.0888. The number of carboxylic acids is 1. The minimum atomic E-state index is -1.30. The molecule has 1 aromatic carbocycles. The summed E-state index contributed by atoms with van der Waals surface area (Å²) in [6.07, 6.45) is 2.70. The summed E-state index contributed by atoms with van der Waals surface area (Å²) in [6.45, 7) is 5.20. The molecule has 1 unspecified atom stereocenters. The first-order chi connectivity index (χ1) is 11.8. The Bertz CT molecular complexity index is 792. The van der Waals surface area contributed by atoms with Gasteiger partial charge < -0.3 is 15.2 Å². The lowest BCUT2D eigenvalue weighted by Gasteiger charge is -2.16. The van der Waals surface area contributed by atoms with Gasteiger partial charge >= 0.3 is 5.97 Å². The Balaban J connectivity index is 2.23. The van der Waals surface area contributed by atoms with Crippen LogP contribution in [0.1, 0.15) is 41.4 Å². The highest BCUT2D eigenvalue weighted by Gasteiger charge is 2.23. The van der Waals surface area contributed by atoms with Crippen LogP contribution < -0.4 is 10.1 Å². The summed E-state index contributed by atoms with van der Waals surface area (Å²) >= 11 is 0. The predicted molar refractivity (Wildman–Crippen MR) is 89.0 cm³/mol. The molecule has 0 aliphatic carbocycles. The summed E-state index contributed by atoms with van der Waals surface area (Å²) < 4.78 is 18.9. The third-order valence-electron chi connectivity index (χ3n) is 3.38. The molecule has 1 heterocycles. The van der Waals surface area contributed by atoms with Crippen molar-refractivity contribution in [1.29, 1.82) is 0 Å². The van der Waals surface area contributed by atoms with E-state index >= 15 is 0 Å². The monoisotopic (exact) mass is 346 g/mol. The molecule has 1 amide bonds. The van der Waals surface area contributed by atoms with E-state index in [4.69, 9.17) is 4.74 Å². The quantitative estimate of drug-likeness (QED) is 0.840. The molecular weight excluding hydrogens is 327 g/mol. The lowest BCUT2D eigenvalue weighted by atomic mass is 10.0. The lowest BCUT2D eigenvalue weighted by Crippen LogP contribution is -2.34. The van der Waals surface area contributed by atoms with E-state index in [1.807, 2.05) is 13.8 Å². The Morgan fingerprint density at radius 3 is 2.56 bits per heavy atom. The Kier molecular flexibility index (Phi) is 5.69. The second-order valence-electron chi connectivity index (χ2n) is 5.83. The highest BCUT2D eigenvalue weighted by atomic mass is 19.1. The smallest absolute Gasteiger partial charge is 0.330 e. The van der Waals surface area contributed by atoms with Crippen molar-refractivity contribution in [2.24, 2.45) is 0 Å². The fourth-order valence-electron chi connectivity index (χ4n) is 2.23. The van der Waals surface area contributed by atoms with Gasteiger partial charge in [-0.05, 0) is 44.0 Å². The molecule has 0 bridgehead atoms. The molecule has 25 heavy (non-hydrogen) atoms. The first-order valence-corrected chi connectivity index (χ1v) is 7.69. The molecule has 1 aromatic heterocycles. The largest absolute Gasteiger partial charge is 0.489 e. The van der Waals surface area contributed by atoms with Gasteiger partial charge in [0.2, 0.25) is 0 Å². The maximum absolute atomic E-state index is 13.4. The minimum Gasteiger partial charge on any atom is -0.489 e. The van der Waals surface area contributed by atoms with Gasteiger partial charge in [0.1, 0.15) is 11.6 Å². The molecule has 0 radical (unpaired) electrons. The molecule has 7 heteroatoms. The van der Waals surface area contributed by atoms with Crippen molar-refractivity contribution < 1.29 is 23.8 Å². The summed E-state index contributed by atoms with van der Waals surface area (Å²) in [4.78, 5) is 27.8. The van der Waals surface area contributed by atoms with Crippen LogP contribution in [0.3, 0.4) is 0 Å². The number of aryl methyl sites for hydroxylation is 1. The Labute approximate surface area is 144 Å². The first-order valence-electron chi connectivity index (χ1n) is 7.69. The van der Waals surface area contributed by atoms with Gasteiger partial charge in [0.05, 0.1) is 17.9 Å². The van der Waals surface area contributed by atoms with E-state index < -0.39 is 23.7 Å². The number of halogens is 1. The standard InChI is InChI=1S/C18H19FN2O4/c1-10(2)25-14-7-13(8-20-9-14)17(22)21-16(18(23)24)12-4-5-15(19)11(3)6-12/h4-10,16H,1-3H3,(H,21,22)(H,23,24). The van der Waals surface area contributed by atoms with Crippen molar-refractivity contribution >= 4 is 11.9 Å². The molecule has 0 spiro atoms. The van der Waals surface area contributed by atoms with Crippen LogP contribution in [0.15, 0.2) is 36.7 Å². The normalized spacial score (nSPS) is 11.9. The maximum Gasteiger partial charge on any atom is 0.330 e. The van der Waals surface area contributed by atoms with Crippen molar-refractivity contribution in [3.63, 3.8) is 0 Å². The average Bonchev–Trinajstić information content (AvgIpc) is 2.54. The van der Waals surface area contributed by atoms with E-state index in [1.54, 1.807) is 0 Å².